The first-order valence-corrected chi connectivity index (χ1v) is 7.87. The van der Waals surface area contributed by atoms with Crippen LogP contribution < -0.4 is 14.8 Å². The summed E-state index contributed by atoms with van der Waals surface area (Å²) in [6.45, 7) is 0.914. The summed E-state index contributed by atoms with van der Waals surface area (Å²) in [5, 5.41) is 3.42. The molecule has 3 aromatic rings. The Morgan fingerprint density at radius 1 is 1.00 bits per heavy atom. The Balaban J connectivity index is 1.82. The van der Waals surface area contributed by atoms with Crippen molar-refractivity contribution in [2.45, 2.75) is 0 Å². The van der Waals surface area contributed by atoms with Gasteiger partial charge in [-0.15, -0.1) is 0 Å². The SMILES string of the molecule is Fc1cc(Br)c(F)c(Nc2ncnc3cc4c(cc23)OCCO4)c1. The van der Waals surface area contributed by atoms with Crippen molar-refractivity contribution in [1.82, 2.24) is 9.97 Å². The number of benzene rings is 2. The molecule has 2 aromatic carbocycles. The number of nitrogens with zero attached hydrogens (tertiary/aromatic N) is 2. The summed E-state index contributed by atoms with van der Waals surface area (Å²) in [5.74, 6) is 0.318. The molecule has 1 aromatic heterocycles. The summed E-state index contributed by atoms with van der Waals surface area (Å²) in [5.41, 5.74) is 0.574. The fraction of sp³-hybridized carbons (Fsp3) is 0.125. The summed E-state index contributed by atoms with van der Waals surface area (Å²) in [6.07, 6.45) is 1.34. The molecule has 0 unspecified atom stereocenters. The minimum Gasteiger partial charge on any atom is -0.486 e. The number of nitrogens with one attached hydrogen (secondary N) is 1. The van der Waals surface area contributed by atoms with Gasteiger partial charge in [0.15, 0.2) is 17.3 Å². The van der Waals surface area contributed by atoms with Crippen molar-refractivity contribution in [2.24, 2.45) is 0 Å². The van der Waals surface area contributed by atoms with E-state index < -0.39 is 11.6 Å². The van der Waals surface area contributed by atoms with Crippen molar-refractivity contribution in [2.75, 3.05) is 18.5 Å². The first-order chi connectivity index (χ1) is 11.6. The zero-order valence-corrected chi connectivity index (χ0v) is 13.7. The molecule has 2 heterocycles. The molecule has 0 radical (unpaired) electrons. The lowest BCUT2D eigenvalue weighted by Gasteiger charge is -2.19. The van der Waals surface area contributed by atoms with Crippen molar-refractivity contribution in [3.05, 3.63) is 46.7 Å². The van der Waals surface area contributed by atoms with Crippen LogP contribution in [0.2, 0.25) is 0 Å². The van der Waals surface area contributed by atoms with Crippen LogP contribution in [0, 0.1) is 11.6 Å². The van der Waals surface area contributed by atoms with Gasteiger partial charge < -0.3 is 14.8 Å². The van der Waals surface area contributed by atoms with Crippen molar-refractivity contribution >= 4 is 38.3 Å². The molecule has 0 bridgehead atoms. The van der Waals surface area contributed by atoms with Crippen LogP contribution in [0.25, 0.3) is 10.9 Å². The highest BCUT2D eigenvalue weighted by atomic mass is 79.9. The lowest BCUT2D eigenvalue weighted by molar-refractivity contribution is 0.172. The third-order valence-corrected chi connectivity index (χ3v) is 4.12. The van der Waals surface area contributed by atoms with E-state index in [0.29, 0.717) is 41.4 Å². The average Bonchev–Trinajstić information content (AvgIpc) is 2.58. The molecular weight excluding hydrogens is 384 g/mol. The van der Waals surface area contributed by atoms with E-state index in [1.54, 1.807) is 12.1 Å². The molecule has 0 spiro atoms. The third-order valence-electron chi connectivity index (χ3n) is 3.55. The normalized spacial score (nSPS) is 13.1. The number of fused-ring (bicyclic) bond motifs is 2. The second-order valence-electron chi connectivity index (χ2n) is 5.11. The second kappa shape index (κ2) is 5.86. The highest BCUT2D eigenvalue weighted by Crippen LogP contribution is 2.37. The topological polar surface area (TPSA) is 56.3 Å². The maximum absolute atomic E-state index is 14.2. The van der Waals surface area contributed by atoms with Crippen LogP contribution in [-0.4, -0.2) is 23.2 Å². The van der Waals surface area contributed by atoms with Gasteiger partial charge in [0.25, 0.3) is 0 Å². The maximum Gasteiger partial charge on any atom is 0.163 e. The molecule has 0 saturated heterocycles. The van der Waals surface area contributed by atoms with E-state index in [0.717, 1.165) is 12.1 Å². The van der Waals surface area contributed by atoms with E-state index in [2.05, 4.69) is 31.2 Å². The highest BCUT2D eigenvalue weighted by Gasteiger charge is 2.17. The second-order valence-corrected chi connectivity index (χ2v) is 5.96. The Kier molecular flexibility index (Phi) is 3.68. The van der Waals surface area contributed by atoms with E-state index >= 15 is 0 Å². The molecule has 24 heavy (non-hydrogen) atoms. The first kappa shape index (κ1) is 15.1. The van der Waals surface area contributed by atoms with Gasteiger partial charge in [0.1, 0.15) is 31.2 Å². The summed E-state index contributed by atoms with van der Waals surface area (Å²) in [4.78, 5) is 8.31. The Bertz CT molecular complexity index is 952. The third kappa shape index (κ3) is 2.62. The summed E-state index contributed by atoms with van der Waals surface area (Å²) >= 11 is 2.98. The van der Waals surface area contributed by atoms with Gasteiger partial charge >= 0.3 is 0 Å². The van der Waals surface area contributed by atoms with Crippen molar-refractivity contribution in [1.29, 1.82) is 0 Å². The van der Waals surface area contributed by atoms with Gasteiger partial charge in [-0.2, -0.15) is 0 Å². The van der Waals surface area contributed by atoms with E-state index in [1.165, 1.54) is 6.33 Å². The Labute approximate surface area is 143 Å². The number of aromatic nitrogens is 2. The molecule has 122 valence electrons. The van der Waals surface area contributed by atoms with E-state index in [9.17, 15) is 8.78 Å². The van der Waals surface area contributed by atoms with Gasteiger partial charge in [-0.3, -0.25) is 0 Å². The summed E-state index contributed by atoms with van der Waals surface area (Å²) in [7, 11) is 0. The molecule has 0 fully saturated rings. The Morgan fingerprint density at radius 3 is 2.54 bits per heavy atom. The van der Waals surface area contributed by atoms with E-state index in [-0.39, 0.29) is 10.2 Å². The minimum atomic E-state index is -0.610. The maximum atomic E-state index is 14.2. The standard InChI is InChI=1S/C16H10BrF2N3O2/c17-10-3-8(18)4-12(15(10)19)22-16-9-5-13-14(24-2-1-23-13)6-11(9)20-7-21-16/h3-7H,1-2H2,(H,20,21,22). The number of rotatable bonds is 2. The predicted octanol–water partition coefficient (Wildman–Crippen LogP) is 4.19. The molecule has 1 aliphatic rings. The average molecular weight is 394 g/mol. The molecule has 1 N–H and O–H groups in total. The van der Waals surface area contributed by atoms with Crippen molar-refractivity contribution in [3.63, 3.8) is 0 Å². The number of ether oxygens (including phenoxy) is 2. The fourth-order valence-corrected chi connectivity index (χ4v) is 2.90. The largest absolute Gasteiger partial charge is 0.486 e. The zero-order valence-electron chi connectivity index (χ0n) is 12.1. The van der Waals surface area contributed by atoms with Gasteiger partial charge in [-0.25, -0.2) is 18.7 Å². The van der Waals surface area contributed by atoms with Crippen molar-refractivity contribution in [3.8, 4) is 11.5 Å². The van der Waals surface area contributed by atoms with Crippen LogP contribution in [0.4, 0.5) is 20.3 Å². The van der Waals surface area contributed by atoms with E-state index in [1.807, 2.05) is 0 Å². The van der Waals surface area contributed by atoms with Crippen molar-refractivity contribution < 1.29 is 18.3 Å². The quantitative estimate of drug-likeness (QED) is 0.661. The Hall–Kier alpha value is -2.48. The summed E-state index contributed by atoms with van der Waals surface area (Å²) < 4.78 is 38.8. The molecule has 0 aliphatic carbocycles. The number of hydrogen-bond acceptors (Lipinski definition) is 5. The minimum absolute atomic E-state index is 0.0254. The lowest BCUT2D eigenvalue weighted by Crippen LogP contribution is -2.15. The Morgan fingerprint density at radius 2 is 1.75 bits per heavy atom. The number of hydrogen-bond donors (Lipinski definition) is 1. The molecule has 4 rings (SSSR count). The smallest absolute Gasteiger partial charge is 0.163 e. The monoisotopic (exact) mass is 393 g/mol. The van der Waals surface area contributed by atoms with Gasteiger partial charge in [-0.05, 0) is 28.1 Å². The van der Waals surface area contributed by atoms with Crippen LogP contribution in [0.5, 0.6) is 11.5 Å². The number of anilines is 2. The number of halogens is 3. The van der Waals surface area contributed by atoms with Crippen LogP contribution in [0.3, 0.4) is 0 Å². The van der Waals surface area contributed by atoms with Gasteiger partial charge in [0.05, 0.1) is 15.7 Å². The summed E-state index contributed by atoms with van der Waals surface area (Å²) in [6, 6.07) is 5.57. The molecule has 1 aliphatic heterocycles. The zero-order chi connectivity index (χ0) is 16.7. The molecule has 0 saturated carbocycles. The van der Waals surface area contributed by atoms with Gasteiger partial charge in [0.2, 0.25) is 0 Å². The van der Waals surface area contributed by atoms with E-state index in [4.69, 9.17) is 9.47 Å². The molecule has 5 nitrogen and oxygen atoms in total. The molecule has 0 amide bonds. The molecular formula is C16H10BrF2N3O2. The molecule has 0 atom stereocenters. The van der Waals surface area contributed by atoms with Crippen LogP contribution in [0.15, 0.2) is 35.1 Å². The first-order valence-electron chi connectivity index (χ1n) is 7.08. The highest BCUT2D eigenvalue weighted by molar-refractivity contribution is 9.10. The van der Waals surface area contributed by atoms with Crippen LogP contribution in [-0.2, 0) is 0 Å². The lowest BCUT2D eigenvalue weighted by atomic mass is 10.2. The predicted molar refractivity (Wildman–Crippen MR) is 87.9 cm³/mol. The van der Waals surface area contributed by atoms with Gasteiger partial charge in [0, 0.05) is 17.5 Å². The molecule has 8 heteroatoms. The van der Waals surface area contributed by atoms with Crippen LogP contribution >= 0.6 is 15.9 Å². The fourth-order valence-electron chi connectivity index (χ4n) is 2.47. The van der Waals surface area contributed by atoms with Crippen LogP contribution in [0.1, 0.15) is 0 Å². The van der Waals surface area contributed by atoms with Gasteiger partial charge in [-0.1, -0.05) is 0 Å².